The van der Waals surface area contributed by atoms with Crippen LogP contribution in [0.3, 0.4) is 0 Å². The summed E-state index contributed by atoms with van der Waals surface area (Å²) in [5.41, 5.74) is 4.80. The average Bonchev–Trinajstić information content (AvgIpc) is 3.27. The molecular weight excluding hydrogens is 390 g/mol. The van der Waals surface area contributed by atoms with Crippen molar-refractivity contribution in [3.8, 4) is 0 Å². The van der Waals surface area contributed by atoms with Crippen molar-refractivity contribution in [3.05, 3.63) is 47.5 Å². The number of nitrogens with one attached hydrogen (secondary N) is 1. The second-order valence-electron chi connectivity index (χ2n) is 6.98. The predicted octanol–water partition coefficient (Wildman–Crippen LogP) is 4.63. The number of carbonyl (C=O) groups excluding carboxylic acids is 2. The first-order chi connectivity index (χ1) is 13.5. The summed E-state index contributed by atoms with van der Waals surface area (Å²) < 4.78 is 2.05. The fraction of sp³-hybridized carbons (Fsp3) is 0.286. The summed E-state index contributed by atoms with van der Waals surface area (Å²) in [6, 6.07) is 11.7. The molecule has 2 aromatic carbocycles. The van der Waals surface area contributed by atoms with Gasteiger partial charge in [-0.05, 0) is 55.5 Å². The molecule has 0 aliphatic carbocycles. The van der Waals surface area contributed by atoms with E-state index in [1.165, 1.54) is 0 Å². The van der Waals surface area contributed by atoms with Gasteiger partial charge in [-0.15, -0.1) is 11.3 Å². The van der Waals surface area contributed by atoms with Crippen LogP contribution in [0.5, 0.6) is 0 Å². The smallest absolute Gasteiger partial charge is 0.229 e. The Bertz CT molecular complexity index is 1080. The number of nitrogens with zero attached hydrogens (tertiary/aromatic N) is 2. The number of benzene rings is 2. The Balaban J connectivity index is 1.50. The Kier molecular flexibility index (Phi) is 5.12. The van der Waals surface area contributed by atoms with E-state index in [0.717, 1.165) is 37.1 Å². The number of rotatable bonds is 4. The van der Waals surface area contributed by atoms with Gasteiger partial charge in [0.1, 0.15) is 0 Å². The van der Waals surface area contributed by atoms with Crippen LogP contribution >= 0.6 is 23.1 Å². The maximum Gasteiger partial charge on any atom is 0.229 e. The summed E-state index contributed by atoms with van der Waals surface area (Å²) in [7, 11) is 0. The number of hydrogen-bond donors (Lipinski definition) is 1. The number of anilines is 2. The standard InChI is InChI=1S/C21H21N3O2S2/c1-12-5-4-6-17(13(12)2)24-11-14(9-19(24)25)20(26)22-15-7-8-16-18(10-15)28-21(23-16)27-3/h4-8,10,14H,9,11H2,1-3H3,(H,22,26). The van der Waals surface area contributed by atoms with E-state index in [9.17, 15) is 9.59 Å². The van der Waals surface area contributed by atoms with Crippen LogP contribution in [-0.4, -0.2) is 29.6 Å². The molecule has 7 heteroatoms. The van der Waals surface area contributed by atoms with E-state index in [-0.39, 0.29) is 24.2 Å². The van der Waals surface area contributed by atoms with Gasteiger partial charge in [-0.3, -0.25) is 9.59 Å². The van der Waals surface area contributed by atoms with E-state index in [1.807, 2.05) is 56.5 Å². The van der Waals surface area contributed by atoms with Crippen molar-refractivity contribution in [1.82, 2.24) is 4.98 Å². The molecule has 4 rings (SSSR count). The minimum atomic E-state index is -0.355. The fourth-order valence-electron chi connectivity index (χ4n) is 3.46. The zero-order chi connectivity index (χ0) is 19.8. The molecule has 3 aromatic rings. The van der Waals surface area contributed by atoms with Gasteiger partial charge < -0.3 is 10.2 Å². The summed E-state index contributed by atoms with van der Waals surface area (Å²) in [6.45, 7) is 4.45. The van der Waals surface area contributed by atoms with Crippen LogP contribution in [0, 0.1) is 19.8 Å². The Hall–Kier alpha value is -2.38. The van der Waals surface area contributed by atoms with Gasteiger partial charge in [-0.25, -0.2) is 4.98 Å². The Morgan fingerprint density at radius 1 is 1.29 bits per heavy atom. The lowest BCUT2D eigenvalue weighted by Gasteiger charge is -2.20. The van der Waals surface area contributed by atoms with Gasteiger partial charge in [0.2, 0.25) is 11.8 Å². The lowest BCUT2D eigenvalue weighted by atomic mass is 10.1. The van der Waals surface area contributed by atoms with Gasteiger partial charge in [-0.2, -0.15) is 0 Å². The maximum absolute atomic E-state index is 12.8. The Morgan fingerprint density at radius 3 is 2.89 bits per heavy atom. The van der Waals surface area contributed by atoms with Crippen molar-refractivity contribution < 1.29 is 9.59 Å². The molecule has 1 aliphatic rings. The van der Waals surface area contributed by atoms with Crippen molar-refractivity contribution in [1.29, 1.82) is 0 Å². The SMILES string of the molecule is CSc1nc2ccc(NC(=O)C3CC(=O)N(c4cccc(C)c4C)C3)cc2s1. The number of hydrogen-bond acceptors (Lipinski definition) is 5. The molecule has 1 unspecified atom stereocenters. The molecule has 0 bridgehead atoms. The van der Waals surface area contributed by atoms with Crippen LogP contribution in [0.4, 0.5) is 11.4 Å². The molecule has 2 heterocycles. The van der Waals surface area contributed by atoms with E-state index in [2.05, 4.69) is 10.3 Å². The molecule has 0 saturated carbocycles. The second kappa shape index (κ2) is 7.56. The molecule has 1 N–H and O–H groups in total. The number of amides is 2. The fourth-order valence-corrected chi connectivity index (χ4v) is 4.99. The number of fused-ring (bicyclic) bond motifs is 1. The minimum absolute atomic E-state index is 0.00336. The monoisotopic (exact) mass is 411 g/mol. The second-order valence-corrected chi connectivity index (χ2v) is 9.06. The van der Waals surface area contributed by atoms with Gasteiger partial charge >= 0.3 is 0 Å². The van der Waals surface area contributed by atoms with Crippen molar-refractivity contribution in [2.75, 3.05) is 23.0 Å². The highest BCUT2D eigenvalue weighted by atomic mass is 32.2. The molecule has 2 amide bonds. The van der Waals surface area contributed by atoms with Crippen LogP contribution in [-0.2, 0) is 9.59 Å². The largest absolute Gasteiger partial charge is 0.326 e. The molecular formula is C21H21N3O2S2. The minimum Gasteiger partial charge on any atom is -0.326 e. The summed E-state index contributed by atoms with van der Waals surface area (Å²) in [5.74, 6) is -0.474. The molecule has 0 radical (unpaired) electrons. The Labute approximate surface area is 172 Å². The third kappa shape index (κ3) is 3.52. The predicted molar refractivity (Wildman–Crippen MR) is 116 cm³/mol. The van der Waals surface area contributed by atoms with Crippen molar-refractivity contribution in [3.63, 3.8) is 0 Å². The van der Waals surface area contributed by atoms with Crippen molar-refractivity contribution in [2.45, 2.75) is 24.6 Å². The lowest BCUT2D eigenvalue weighted by molar-refractivity contribution is -0.122. The summed E-state index contributed by atoms with van der Waals surface area (Å²) in [5, 5.41) is 2.98. The van der Waals surface area contributed by atoms with Crippen LogP contribution in [0.15, 0.2) is 40.7 Å². The number of aromatic nitrogens is 1. The molecule has 0 spiro atoms. The molecule has 28 heavy (non-hydrogen) atoms. The first kappa shape index (κ1) is 19.0. The van der Waals surface area contributed by atoms with E-state index < -0.39 is 0 Å². The number of thiazole rings is 1. The van der Waals surface area contributed by atoms with E-state index in [4.69, 9.17) is 0 Å². The lowest BCUT2D eigenvalue weighted by Crippen LogP contribution is -2.28. The third-order valence-electron chi connectivity index (χ3n) is 5.17. The molecule has 1 fully saturated rings. The molecule has 5 nitrogen and oxygen atoms in total. The van der Waals surface area contributed by atoms with Crippen molar-refractivity contribution >= 4 is 56.5 Å². The van der Waals surface area contributed by atoms with Gasteiger partial charge in [0.25, 0.3) is 0 Å². The van der Waals surface area contributed by atoms with Crippen LogP contribution in [0.25, 0.3) is 10.2 Å². The van der Waals surface area contributed by atoms with Crippen molar-refractivity contribution in [2.24, 2.45) is 5.92 Å². The normalized spacial score (nSPS) is 16.8. The van der Waals surface area contributed by atoms with Gasteiger partial charge in [0.05, 0.1) is 16.1 Å². The summed E-state index contributed by atoms with van der Waals surface area (Å²) >= 11 is 3.22. The zero-order valence-electron chi connectivity index (χ0n) is 16.0. The van der Waals surface area contributed by atoms with E-state index in [0.29, 0.717) is 6.54 Å². The molecule has 144 valence electrons. The Morgan fingerprint density at radius 2 is 2.11 bits per heavy atom. The van der Waals surface area contributed by atoms with E-state index in [1.54, 1.807) is 28.0 Å². The van der Waals surface area contributed by atoms with Gasteiger partial charge in [0, 0.05) is 24.3 Å². The zero-order valence-corrected chi connectivity index (χ0v) is 17.6. The molecule has 1 aliphatic heterocycles. The summed E-state index contributed by atoms with van der Waals surface area (Å²) in [4.78, 5) is 31.6. The first-order valence-electron chi connectivity index (χ1n) is 9.08. The number of aryl methyl sites for hydroxylation is 1. The molecule has 1 atom stereocenters. The molecule has 1 aromatic heterocycles. The average molecular weight is 412 g/mol. The highest BCUT2D eigenvalue weighted by Crippen LogP contribution is 2.32. The molecule has 1 saturated heterocycles. The summed E-state index contributed by atoms with van der Waals surface area (Å²) in [6.07, 6.45) is 2.23. The quantitative estimate of drug-likeness (QED) is 0.636. The third-order valence-corrected chi connectivity index (χ3v) is 7.18. The van der Waals surface area contributed by atoms with E-state index >= 15 is 0 Å². The topological polar surface area (TPSA) is 62.3 Å². The highest BCUT2D eigenvalue weighted by Gasteiger charge is 2.35. The number of carbonyl (C=O) groups is 2. The highest BCUT2D eigenvalue weighted by molar-refractivity contribution is 8.00. The van der Waals surface area contributed by atoms with Crippen LogP contribution in [0.2, 0.25) is 0 Å². The van der Waals surface area contributed by atoms with Gasteiger partial charge in [0.15, 0.2) is 4.34 Å². The van der Waals surface area contributed by atoms with Crippen LogP contribution < -0.4 is 10.2 Å². The first-order valence-corrected chi connectivity index (χ1v) is 11.1. The maximum atomic E-state index is 12.8. The van der Waals surface area contributed by atoms with Gasteiger partial charge in [-0.1, -0.05) is 23.9 Å². The number of thioether (sulfide) groups is 1. The van der Waals surface area contributed by atoms with Crippen LogP contribution in [0.1, 0.15) is 17.5 Å².